The maximum absolute atomic E-state index is 13.0. The Bertz CT molecular complexity index is 1030. The van der Waals surface area contributed by atoms with Gasteiger partial charge in [0.05, 0.1) is 16.2 Å². The highest BCUT2D eigenvalue weighted by Crippen LogP contribution is 2.32. The predicted molar refractivity (Wildman–Crippen MR) is 125 cm³/mol. The molecule has 0 unspecified atom stereocenters. The minimum absolute atomic E-state index is 0.0580. The lowest BCUT2D eigenvalue weighted by Crippen LogP contribution is -2.38. The molecule has 1 N–H and O–H groups in total. The first-order valence-electron chi connectivity index (χ1n) is 11.8. The second-order valence-electron chi connectivity index (χ2n) is 9.09. The molecule has 1 aliphatic heterocycles. The van der Waals surface area contributed by atoms with Crippen LogP contribution < -0.4 is 5.32 Å². The van der Waals surface area contributed by atoms with E-state index in [-0.39, 0.29) is 11.8 Å². The highest BCUT2D eigenvalue weighted by molar-refractivity contribution is 7.89. The van der Waals surface area contributed by atoms with Crippen molar-refractivity contribution < 1.29 is 13.2 Å². The van der Waals surface area contributed by atoms with Crippen molar-refractivity contribution in [3.05, 3.63) is 59.4 Å². The van der Waals surface area contributed by atoms with Gasteiger partial charge in [-0.15, -0.1) is 0 Å². The molecule has 1 saturated carbocycles. The van der Waals surface area contributed by atoms with Crippen LogP contribution in [0.4, 0.5) is 0 Å². The Morgan fingerprint density at radius 3 is 2.38 bits per heavy atom. The SMILES string of the molecule is Cc1ccc(C(=O)NCC2CCCCC2)c(C2CCN(S(=O)(=O)c3ccccc3)CC2)n1. The van der Waals surface area contributed by atoms with Crippen molar-refractivity contribution in [2.45, 2.75) is 62.7 Å². The van der Waals surface area contributed by atoms with E-state index in [1.54, 1.807) is 28.6 Å². The van der Waals surface area contributed by atoms with Crippen LogP contribution in [0.1, 0.15) is 72.6 Å². The van der Waals surface area contributed by atoms with E-state index in [1.165, 1.54) is 32.1 Å². The summed E-state index contributed by atoms with van der Waals surface area (Å²) in [5.74, 6) is 0.589. The Labute approximate surface area is 191 Å². The third-order valence-electron chi connectivity index (χ3n) is 6.81. The van der Waals surface area contributed by atoms with Crippen molar-refractivity contribution in [1.29, 1.82) is 0 Å². The van der Waals surface area contributed by atoms with Gasteiger partial charge in [0.1, 0.15) is 0 Å². The summed E-state index contributed by atoms with van der Waals surface area (Å²) in [6.07, 6.45) is 7.50. The van der Waals surface area contributed by atoms with E-state index in [9.17, 15) is 13.2 Å². The minimum atomic E-state index is -3.49. The van der Waals surface area contributed by atoms with Gasteiger partial charge in [0.25, 0.3) is 5.91 Å². The van der Waals surface area contributed by atoms with E-state index in [1.807, 2.05) is 25.1 Å². The molecule has 172 valence electrons. The smallest absolute Gasteiger partial charge is 0.253 e. The van der Waals surface area contributed by atoms with E-state index in [0.717, 1.165) is 17.9 Å². The largest absolute Gasteiger partial charge is 0.352 e. The first-order chi connectivity index (χ1) is 15.4. The number of aryl methyl sites for hydroxylation is 1. The van der Waals surface area contributed by atoms with E-state index < -0.39 is 10.0 Å². The number of piperidine rings is 1. The highest BCUT2D eigenvalue weighted by atomic mass is 32.2. The summed E-state index contributed by atoms with van der Waals surface area (Å²) in [5.41, 5.74) is 2.32. The van der Waals surface area contributed by atoms with E-state index >= 15 is 0 Å². The molecule has 0 atom stereocenters. The Hall–Kier alpha value is -2.25. The second-order valence-corrected chi connectivity index (χ2v) is 11.0. The van der Waals surface area contributed by atoms with Gasteiger partial charge in [-0.2, -0.15) is 4.31 Å². The maximum atomic E-state index is 13.0. The summed E-state index contributed by atoms with van der Waals surface area (Å²) in [4.78, 5) is 18.1. The molecule has 1 aromatic heterocycles. The number of carbonyl (C=O) groups excluding carboxylic acids is 1. The number of pyridine rings is 1. The molecular weight excluding hydrogens is 422 g/mol. The van der Waals surface area contributed by atoms with Gasteiger partial charge >= 0.3 is 0 Å². The lowest BCUT2D eigenvalue weighted by molar-refractivity contribution is 0.0941. The van der Waals surface area contributed by atoms with Gasteiger partial charge in [-0.25, -0.2) is 8.42 Å². The number of nitrogens with one attached hydrogen (secondary N) is 1. The fraction of sp³-hybridized carbons (Fsp3) is 0.520. The Kier molecular flexibility index (Phi) is 7.26. The monoisotopic (exact) mass is 455 g/mol. The number of nitrogens with zero attached hydrogens (tertiary/aromatic N) is 2. The Morgan fingerprint density at radius 1 is 1.00 bits per heavy atom. The van der Waals surface area contributed by atoms with Crippen LogP contribution in [0.15, 0.2) is 47.4 Å². The lowest BCUT2D eigenvalue weighted by atomic mass is 9.89. The number of hydrogen-bond acceptors (Lipinski definition) is 4. The number of benzene rings is 1. The van der Waals surface area contributed by atoms with Crippen molar-refractivity contribution in [3.63, 3.8) is 0 Å². The van der Waals surface area contributed by atoms with Gasteiger partial charge < -0.3 is 5.32 Å². The number of amides is 1. The third kappa shape index (κ3) is 5.21. The first kappa shape index (κ1) is 22.9. The summed E-state index contributed by atoms with van der Waals surface area (Å²) in [6.45, 7) is 3.52. The van der Waals surface area contributed by atoms with Gasteiger partial charge in [0.15, 0.2) is 0 Å². The average Bonchev–Trinajstić information content (AvgIpc) is 2.84. The molecule has 2 aliphatic rings. The zero-order chi connectivity index (χ0) is 22.6. The fourth-order valence-electron chi connectivity index (χ4n) is 4.91. The van der Waals surface area contributed by atoms with Crippen LogP contribution in [0, 0.1) is 12.8 Å². The van der Waals surface area contributed by atoms with Crippen LogP contribution >= 0.6 is 0 Å². The van der Waals surface area contributed by atoms with Crippen LogP contribution in [0.25, 0.3) is 0 Å². The molecule has 2 heterocycles. The van der Waals surface area contributed by atoms with Crippen LogP contribution in [0.5, 0.6) is 0 Å². The third-order valence-corrected chi connectivity index (χ3v) is 8.72. The summed E-state index contributed by atoms with van der Waals surface area (Å²) >= 11 is 0. The zero-order valence-corrected chi connectivity index (χ0v) is 19.6. The van der Waals surface area contributed by atoms with Gasteiger partial charge in [-0.1, -0.05) is 37.5 Å². The molecule has 1 aliphatic carbocycles. The molecule has 2 aromatic rings. The molecule has 4 rings (SSSR count). The normalized spacial score (nSPS) is 19.0. The number of aromatic nitrogens is 1. The molecular formula is C25H33N3O3S. The van der Waals surface area contributed by atoms with Gasteiger partial charge in [0.2, 0.25) is 10.0 Å². The quantitative estimate of drug-likeness (QED) is 0.706. The molecule has 0 radical (unpaired) electrons. The molecule has 2 fully saturated rings. The number of carbonyl (C=O) groups is 1. The van der Waals surface area contributed by atoms with Crippen molar-refractivity contribution in [2.75, 3.05) is 19.6 Å². The summed E-state index contributed by atoms with van der Waals surface area (Å²) in [6, 6.07) is 12.3. The van der Waals surface area contributed by atoms with Crippen LogP contribution in [-0.2, 0) is 10.0 Å². The van der Waals surface area contributed by atoms with Crippen molar-refractivity contribution in [3.8, 4) is 0 Å². The summed E-state index contributed by atoms with van der Waals surface area (Å²) in [5, 5.41) is 3.14. The van der Waals surface area contributed by atoms with E-state index in [4.69, 9.17) is 4.98 Å². The average molecular weight is 456 g/mol. The summed E-state index contributed by atoms with van der Waals surface area (Å²) in [7, 11) is -3.49. The van der Waals surface area contributed by atoms with Crippen molar-refractivity contribution >= 4 is 15.9 Å². The predicted octanol–water partition coefficient (Wildman–Crippen LogP) is 4.27. The number of sulfonamides is 1. The fourth-order valence-corrected chi connectivity index (χ4v) is 6.41. The number of rotatable bonds is 6. The van der Waals surface area contributed by atoms with Gasteiger partial charge in [-0.3, -0.25) is 9.78 Å². The highest BCUT2D eigenvalue weighted by Gasteiger charge is 2.32. The molecule has 0 spiro atoms. The second kappa shape index (κ2) is 10.1. The molecule has 0 bridgehead atoms. The van der Waals surface area contributed by atoms with Crippen LogP contribution in [0.2, 0.25) is 0 Å². The first-order valence-corrected chi connectivity index (χ1v) is 13.2. The zero-order valence-electron chi connectivity index (χ0n) is 18.8. The molecule has 1 amide bonds. The molecule has 1 saturated heterocycles. The topological polar surface area (TPSA) is 79.4 Å². The summed E-state index contributed by atoms with van der Waals surface area (Å²) < 4.78 is 27.4. The van der Waals surface area contributed by atoms with Crippen LogP contribution in [0.3, 0.4) is 0 Å². The minimum Gasteiger partial charge on any atom is -0.352 e. The molecule has 32 heavy (non-hydrogen) atoms. The van der Waals surface area contributed by atoms with Crippen molar-refractivity contribution in [1.82, 2.24) is 14.6 Å². The Morgan fingerprint density at radius 2 is 1.69 bits per heavy atom. The van der Waals surface area contributed by atoms with E-state index in [2.05, 4.69) is 5.32 Å². The van der Waals surface area contributed by atoms with E-state index in [0.29, 0.717) is 42.3 Å². The van der Waals surface area contributed by atoms with Crippen LogP contribution in [-0.4, -0.2) is 43.2 Å². The molecule has 7 heteroatoms. The van der Waals surface area contributed by atoms with Crippen molar-refractivity contribution in [2.24, 2.45) is 5.92 Å². The van der Waals surface area contributed by atoms with Gasteiger partial charge in [-0.05, 0) is 62.8 Å². The number of hydrogen-bond donors (Lipinski definition) is 1. The van der Waals surface area contributed by atoms with Gasteiger partial charge in [0, 0.05) is 31.2 Å². The molecule has 6 nitrogen and oxygen atoms in total. The maximum Gasteiger partial charge on any atom is 0.253 e. The molecule has 1 aromatic carbocycles. The Balaban J connectivity index is 1.44. The standard InChI is InChI=1S/C25H33N3O3S/c1-19-12-13-23(25(29)26-18-20-8-4-2-5-9-20)24(27-19)21-14-16-28(17-15-21)32(30,31)22-10-6-3-7-11-22/h3,6-7,10-13,20-21H,2,4-5,8-9,14-18H2,1H3,(H,26,29). The lowest BCUT2D eigenvalue weighted by Gasteiger charge is -2.31.